The molecule has 0 aromatic heterocycles. The quantitative estimate of drug-likeness (QED) is 0.436. The Morgan fingerprint density at radius 3 is 2.22 bits per heavy atom. The van der Waals surface area contributed by atoms with E-state index < -0.39 is 11.8 Å². The number of rotatable bonds is 6. The molecule has 0 aliphatic heterocycles. The van der Waals surface area contributed by atoms with Gasteiger partial charge in [0.05, 0.1) is 30.5 Å². The molecule has 0 aliphatic carbocycles. The van der Waals surface area contributed by atoms with Gasteiger partial charge in [-0.2, -0.15) is 5.10 Å². The van der Waals surface area contributed by atoms with Crippen molar-refractivity contribution in [1.29, 1.82) is 0 Å². The first-order chi connectivity index (χ1) is 12.9. The average Bonchev–Trinajstić information content (AvgIpc) is 2.66. The molecule has 27 heavy (non-hydrogen) atoms. The lowest BCUT2D eigenvalue weighted by Gasteiger charge is -2.06. The Bertz CT molecular complexity index is 831. The third-order valence-corrected chi connectivity index (χ3v) is 3.98. The van der Waals surface area contributed by atoms with Crippen molar-refractivity contribution in [2.45, 2.75) is 6.54 Å². The second-order valence-corrected chi connectivity index (χ2v) is 6.06. The van der Waals surface area contributed by atoms with Crippen molar-refractivity contribution in [1.82, 2.24) is 10.7 Å². The first kappa shape index (κ1) is 20.5. The highest BCUT2D eigenvalue weighted by molar-refractivity contribution is 6.37. The van der Waals surface area contributed by atoms with Crippen LogP contribution < -0.4 is 20.2 Å². The minimum Gasteiger partial charge on any atom is -0.497 e. The molecule has 2 rings (SSSR count). The molecule has 0 fully saturated rings. The van der Waals surface area contributed by atoms with Gasteiger partial charge in [-0.05, 0) is 35.4 Å². The van der Waals surface area contributed by atoms with Crippen LogP contribution in [0.15, 0.2) is 41.5 Å². The molecule has 0 unspecified atom stereocenters. The fourth-order valence-corrected chi connectivity index (χ4v) is 2.73. The van der Waals surface area contributed by atoms with Gasteiger partial charge in [-0.3, -0.25) is 9.59 Å². The van der Waals surface area contributed by atoms with Crippen molar-refractivity contribution in [3.8, 4) is 11.5 Å². The molecule has 0 atom stereocenters. The normalized spacial score (nSPS) is 10.5. The van der Waals surface area contributed by atoms with Gasteiger partial charge in [0, 0.05) is 6.54 Å². The van der Waals surface area contributed by atoms with Gasteiger partial charge in [0.15, 0.2) is 5.75 Å². The molecule has 0 bridgehead atoms. The second kappa shape index (κ2) is 9.80. The predicted octanol–water partition coefficient (Wildman–Crippen LogP) is 2.78. The van der Waals surface area contributed by atoms with Gasteiger partial charge in [-0.15, -0.1) is 0 Å². The summed E-state index contributed by atoms with van der Waals surface area (Å²) in [6.07, 6.45) is 1.31. The zero-order chi connectivity index (χ0) is 19.8. The number of hydrazone groups is 1. The summed E-state index contributed by atoms with van der Waals surface area (Å²) in [6, 6.07) is 10.2. The first-order valence-electron chi connectivity index (χ1n) is 7.71. The molecule has 0 spiro atoms. The van der Waals surface area contributed by atoms with Gasteiger partial charge in [0.2, 0.25) is 0 Å². The lowest BCUT2D eigenvalue weighted by Crippen LogP contribution is -2.37. The number of halogens is 2. The summed E-state index contributed by atoms with van der Waals surface area (Å²) in [5.74, 6) is -0.660. The van der Waals surface area contributed by atoms with Crippen molar-refractivity contribution in [3.63, 3.8) is 0 Å². The van der Waals surface area contributed by atoms with E-state index in [0.717, 1.165) is 5.56 Å². The van der Waals surface area contributed by atoms with Crippen LogP contribution in [-0.4, -0.2) is 32.2 Å². The lowest BCUT2D eigenvalue weighted by atomic mass is 10.2. The SMILES string of the molecule is COc1ccc(CNC(=O)C(=O)N/N=C\c2cc(Cl)c(OC)c(Cl)c2)cc1. The van der Waals surface area contributed by atoms with E-state index in [2.05, 4.69) is 15.8 Å². The van der Waals surface area contributed by atoms with Crippen LogP contribution in [0.5, 0.6) is 11.5 Å². The molecule has 0 saturated carbocycles. The van der Waals surface area contributed by atoms with E-state index in [1.54, 1.807) is 43.5 Å². The van der Waals surface area contributed by atoms with E-state index >= 15 is 0 Å². The Hall–Kier alpha value is -2.77. The van der Waals surface area contributed by atoms with Gasteiger partial charge >= 0.3 is 11.8 Å². The molecule has 142 valence electrons. The van der Waals surface area contributed by atoms with Gasteiger partial charge in [0.1, 0.15) is 5.75 Å². The number of benzene rings is 2. The smallest absolute Gasteiger partial charge is 0.329 e. The predicted molar refractivity (Wildman–Crippen MR) is 104 cm³/mol. The summed E-state index contributed by atoms with van der Waals surface area (Å²) in [5.41, 5.74) is 3.49. The molecule has 0 saturated heterocycles. The number of hydrogen-bond acceptors (Lipinski definition) is 5. The van der Waals surface area contributed by atoms with E-state index in [1.165, 1.54) is 13.3 Å². The standard InChI is InChI=1S/C18H17Cl2N3O4/c1-26-13-5-3-11(4-6-13)9-21-17(24)18(25)23-22-10-12-7-14(19)16(27-2)15(20)8-12/h3-8,10H,9H2,1-2H3,(H,21,24)(H,23,25)/b22-10-. The Balaban J connectivity index is 1.87. The average molecular weight is 410 g/mol. The Morgan fingerprint density at radius 2 is 1.67 bits per heavy atom. The lowest BCUT2D eigenvalue weighted by molar-refractivity contribution is -0.139. The van der Waals surface area contributed by atoms with Crippen LogP contribution in [-0.2, 0) is 16.1 Å². The van der Waals surface area contributed by atoms with Crippen molar-refractivity contribution < 1.29 is 19.1 Å². The number of carbonyl (C=O) groups excluding carboxylic acids is 2. The summed E-state index contributed by atoms with van der Waals surface area (Å²) >= 11 is 12.0. The summed E-state index contributed by atoms with van der Waals surface area (Å²) in [4.78, 5) is 23.6. The fraction of sp³-hybridized carbons (Fsp3) is 0.167. The van der Waals surface area contributed by atoms with Crippen molar-refractivity contribution in [2.75, 3.05) is 14.2 Å². The summed E-state index contributed by atoms with van der Waals surface area (Å²) in [7, 11) is 3.01. The van der Waals surface area contributed by atoms with E-state index in [1.807, 2.05) is 0 Å². The molecule has 0 heterocycles. The van der Waals surface area contributed by atoms with Crippen molar-refractivity contribution in [2.24, 2.45) is 5.10 Å². The van der Waals surface area contributed by atoms with E-state index in [0.29, 0.717) is 27.1 Å². The topological polar surface area (TPSA) is 89.0 Å². The molecule has 7 nitrogen and oxygen atoms in total. The Labute approximate surface area is 166 Å². The molecular weight excluding hydrogens is 393 g/mol. The number of hydrogen-bond donors (Lipinski definition) is 2. The van der Waals surface area contributed by atoms with Gasteiger partial charge in [0.25, 0.3) is 0 Å². The van der Waals surface area contributed by atoms with Crippen LogP contribution in [0.1, 0.15) is 11.1 Å². The highest BCUT2D eigenvalue weighted by atomic mass is 35.5. The van der Waals surface area contributed by atoms with Crippen LogP contribution in [0, 0.1) is 0 Å². The molecule has 2 amide bonds. The summed E-state index contributed by atoms with van der Waals surface area (Å²) in [5, 5.41) is 6.81. The van der Waals surface area contributed by atoms with Gasteiger partial charge < -0.3 is 14.8 Å². The highest BCUT2D eigenvalue weighted by Crippen LogP contribution is 2.33. The number of amides is 2. The molecular formula is C18H17Cl2N3O4. The van der Waals surface area contributed by atoms with Crippen LogP contribution in [0.3, 0.4) is 0 Å². The maximum absolute atomic E-state index is 11.8. The first-order valence-corrected chi connectivity index (χ1v) is 8.47. The maximum atomic E-state index is 11.8. The summed E-state index contributed by atoms with van der Waals surface area (Å²) in [6.45, 7) is 0.198. The van der Waals surface area contributed by atoms with Crippen LogP contribution in [0.25, 0.3) is 0 Å². The Morgan fingerprint density at radius 1 is 1.04 bits per heavy atom. The van der Waals surface area contributed by atoms with E-state index in [4.69, 9.17) is 32.7 Å². The van der Waals surface area contributed by atoms with Crippen LogP contribution in [0.2, 0.25) is 10.0 Å². The minimum atomic E-state index is -0.898. The minimum absolute atomic E-state index is 0.198. The van der Waals surface area contributed by atoms with Crippen molar-refractivity contribution >= 4 is 41.2 Å². The zero-order valence-corrected chi connectivity index (χ0v) is 16.1. The number of methoxy groups -OCH3 is 2. The monoisotopic (exact) mass is 409 g/mol. The number of nitrogens with one attached hydrogen (secondary N) is 2. The summed E-state index contributed by atoms with van der Waals surface area (Å²) < 4.78 is 10.1. The van der Waals surface area contributed by atoms with Gasteiger partial charge in [-0.1, -0.05) is 35.3 Å². The highest BCUT2D eigenvalue weighted by Gasteiger charge is 2.12. The number of nitrogens with zero attached hydrogens (tertiary/aromatic N) is 1. The van der Waals surface area contributed by atoms with Crippen molar-refractivity contribution in [3.05, 3.63) is 57.6 Å². The third-order valence-electron chi connectivity index (χ3n) is 3.42. The largest absolute Gasteiger partial charge is 0.497 e. The fourth-order valence-electron chi connectivity index (χ4n) is 2.07. The number of ether oxygens (including phenoxy) is 2. The van der Waals surface area contributed by atoms with Crippen LogP contribution >= 0.6 is 23.2 Å². The molecule has 0 radical (unpaired) electrons. The van der Waals surface area contributed by atoms with Gasteiger partial charge in [-0.25, -0.2) is 5.43 Å². The number of carbonyl (C=O) groups is 2. The molecule has 2 N–H and O–H groups in total. The van der Waals surface area contributed by atoms with Crippen LogP contribution in [0.4, 0.5) is 0 Å². The third kappa shape index (κ3) is 5.87. The molecule has 2 aromatic rings. The molecule has 9 heteroatoms. The zero-order valence-electron chi connectivity index (χ0n) is 14.6. The second-order valence-electron chi connectivity index (χ2n) is 5.25. The molecule has 2 aromatic carbocycles. The molecule has 0 aliphatic rings. The maximum Gasteiger partial charge on any atom is 0.329 e. The van der Waals surface area contributed by atoms with E-state index in [-0.39, 0.29) is 6.54 Å². The van der Waals surface area contributed by atoms with E-state index in [9.17, 15) is 9.59 Å². The Kier molecular flexibility index (Phi) is 7.45.